The number of pyridine rings is 1. The number of benzene rings is 2. The molecule has 0 aliphatic carbocycles. The van der Waals surface area contributed by atoms with Gasteiger partial charge in [0.1, 0.15) is 5.69 Å². The van der Waals surface area contributed by atoms with E-state index in [0.717, 1.165) is 28.2 Å². The summed E-state index contributed by atoms with van der Waals surface area (Å²) in [5, 5.41) is 5.61. The summed E-state index contributed by atoms with van der Waals surface area (Å²) in [5.41, 5.74) is 5.03. The van der Waals surface area contributed by atoms with Crippen molar-refractivity contribution >= 4 is 17.1 Å². The van der Waals surface area contributed by atoms with Crippen LogP contribution < -0.4 is 4.90 Å². The summed E-state index contributed by atoms with van der Waals surface area (Å²) in [6.45, 7) is 4.01. The fourth-order valence-electron chi connectivity index (χ4n) is 3.02. The molecule has 152 valence electrons. The molecule has 2 heterocycles. The van der Waals surface area contributed by atoms with Crippen LogP contribution in [0.4, 0.5) is 30.2 Å². The Bertz CT molecular complexity index is 1100. The van der Waals surface area contributed by atoms with E-state index in [1.807, 2.05) is 72.4 Å². The quantitative estimate of drug-likeness (QED) is 0.451. The van der Waals surface area contributed by atoms with E-state index in [0.29, 0.717) is 0 Å². The van der Waals surface area contributed by atoms with E-state index < -0.39 is 12.0 Å². The van der Waals surface area contributed by atoms with Crippen molar-refractivity contribution in [3.8, 4) is 11.5 Å². The fraction of sp³-hybridized carbons (Fsp3) is 0.136. The molecule has 0 radical (unpaired) electrons. The smallest absolute Gasteiger partial charge is 0.310 e. The zero-order chi connectivity index (χ0) is 21.3. The number of H-pyrrole nitrogens is 1. The van der Waals surface area contributed by atoms with Gasteiger partial charge in [-0.3, -0.25) is 10.1 Å². The standard InChI is InChI=1S/C22H18F3N5/c1-14-3-7-16(8-4-14)30(17-9-5-15(2)6-10-17)18-11-12-26-19(13-18)20-27-21(29-28-20)22(23,24)25/h3-13H,1-2H3,(H,27,28,29). The highest BCUT2D eigenvalue weighted by Gasteiger charge is 2.35. The van der Waals surface area contributed by atoms with Gasteiger partial charge in [0.05, 0.1) is 0 Å². The summed E-state index contributed by atoms with van der Waals surface area (Å²) in [4.78, 5) is 9.71. The molecule has 1 N–H and O–H groups in total. The maximum atomic E-state index is 12.9. The summed E-state index contributed by atoms with van der Waals surface area (Å²) in [6.07, 6.45) is -3.07. The number of nitrogens with zero attached hydrogens (tertiary/aromatic N) is 4. The van der Waals surface area contributed by atoms with Crippen LogP contribution in [0.1, 0.15) is 17.0 Å². The Morgan fingerprint density at radius 1 is 0.800 bits per heavy atom. The molecule has 0 atom stereocenters. The number of alkyl halides is 3. The van der Waals surface area contributed by atoms with Crippen molar-refractivity contribution < 1.29 is 13.2 Å². The maximum absolute atomic E-state index is 12.9. The lowest BCUT2D eigenvalue weighted by atomic mass is 10.1. The molecule has 4 rings (SSSR count). The van der Waals surface area contributed by atoms with E-state index in [9.17, 15) is 13.2 Å². The molecule has 0 amide bonds. The molecule has 0 aliphatic heterocycles. The number of rotatable bonds is 4. The van der Waals surface area contributed by atoms with Crippen molar-refractivity contribution in [2.24, 2.45) is 0 Å². The average Bonchev–Trinajstić information content (AvgIpc) is 3.22. The van der Waals surface area contributed by atoms with E-state index in [1.165, 1.54) is 6.20 Å². The number of hydrogen-bond donors (Lipinski definition) is 1. The summed E-state index contributed by atoms with van der Waals surface area (Å²) >= 11 is 0. The second kappa shape index (κ2) is 7.62. The van der Waals surface area contributed by atoms with Crippen LogP contribution in [0.5, 0.6) is 0 Å². The molecule has 0 bridgehead atoms. The van der Waals surface area contributed by atoms with Crippen LogP contribution >= 0.6 is 0 Å². The van der Waals surface area contributed by atoms with E-state index in [1.54, 1.807) is 12.1 Å². The summed E-state index contributed by atoms with van der Waals surface area (Å²) < 4.78 is 38.6. The van der Waals surface area contributed by atoms with Crippen molar-refractivity contribution in [2.45, 2.75) is 20.0 Å². The molecule has 5 nitrogen and oxygen atoms in total. The summed E-state index contributed by atoms with van der Waals surface area (Å²) in [6, 6.07) is 19.4. The van der Waals surface area contributed by atoms with E-state index in [-0.39, 0.29) is 11.5 Å². The van der Waals surface area contributed by atoms with Gasteiger partial charge in [-0.2, -0.15) is 18.3 Å². The van der Waals surface area contributed by atoms with Gasteiger partial charge in [0.2, 0.25) is 5.82 Å². The molecule has 4 aromatic rings. The van der Waals surface area contributed by atoms with Crippen molar-refractivity contribution in [2.75, 3.05) is 4.90 Å². The van der Waals surface area contributed by atoms with Gasteiger partial charge in [0, 0.05) is 23.3 Å². The molecule has 8 heteroatoms. The molecule has 0 fully saturated rings. The normalized spacial score (nSPS) is 11.5. The minimum Gasteiger partial charge on any atom is -0.310 e. The van der Waals surface area contributed by atoms with Crippen LogP contribution in [0.2, 0.25) is 0 Å². The van der Waals surface area contributed by atoms with Crippen LogP contribution in [0.25, 0.3) is 11.5 Å². The number of aryl methyl sites for hydroxylation is 2. The highest BCUT2D eigenvalue weighted by atomic mass is 19.4. The van der Waals surface area contributed by atoms with Crippen LogP contribution in [-0.4, -0.2) is 20.2 Å². The Morgan fingerprint density at radius 3 is 1.87 bits per heavy atom. The number of hydrogen-bond acceptors (Lipinski definition) is 4. The predicted octanol–water partition coefficient (Wildman–Crippen LogP) is 5.97. The van der Waals surface area contributed by atoms with Gasteiger partial charge in [0.25, 0.3) is 0 Å². The van der Waals surface area contributed by atoms with Gasteiger partial charge >= 0.3 is 6.18 Å². The number of aromatic nitrogens is 4. The Hall–Kier alpha value is -3.68. The van der Waals surface area contributed by atoms with Crippen LogP contribution in [0, 0.1) is 13.8 Å². The maximum Gasteiger partial charge on any atom is 0.451 e. The number of aromatic amines is 1. The molecule has 30 heavy (non-hydrogen) atoms. The lowest BCUT2D eigenvalue weighted by molar-refractivity contribution is -0.144. The Labute approximate surface area is 171 Å². The SMILES string of the molecule is Cc1ccc(N(c2ccc(C)cc2)c2ccnc(-c3n[nH]c(C(F)(F)F)n3)c2)cc1. The summed E-state index contributed by atoms with van der Waals surface area (Å²) in [5.74, 6) is -1.27. The fourth-order valence-corrected chi connectivity index (χ4v) is 3.02. The van der Waals surface area contributed by atoms with Crippen LogP contribution in [-0.2, 0) is 6.18 Å². The lowest BCUT2D eigenvalue weighted by Crippen LogP contribution is -2.10. The molecular formula is C22H18F3N5. The monoisotopic (exact) mass is 409 g/mol. The van der Waals surface area contributed by atoms with Gasteiger partial charge in [-0.1, -0.05) is 35.4 Å². The molecule has 0 aliphatic rings. The van der Waals surface area contributed by atoms with E-state index >= 15 is 0 Å². The summed E-state index contributed by atoms with van der Waals surface area (Å²) in [7, 11) is 0. The van der Waals surface area contributed by atoms with Crippen molar-refractivity contribution in [1.82, 2.24) is 20.2 Å². The van der Waals surface area contributed by atoms with E-state index in [4.69, 9.17) is 0 Å². The van der Waals surface area contributed by atoms with Gasteiger partial charge in [-0.15, -0.1) is 0 Å². The van der Waals surface area contributed by atoms with E-state index in [2.05, 4.69) is 15.1 Å². The molecule has 0 unspecified atom stereocenters. The van der Waals surface area contributed by atoms with Crippen LogP contribution in [0.3, 0.4) is 0 Å². The number of nitrogens with one attached hydrogen (secondary N) is 1. The third-order valence-electron chi connectivity index (χ3n) is 4.57. The largest absolute Gasteiger partial charge is 0.451 e. The number of anilines is 3. The zero-order valence-corrected chi connectivity index (χ0v) is 16.3. The Balaban J connectivity index is 1.79. The topological polar surface area (TPSA) is 57.7 Å². The Kier molecular flexibility index (Phi) is 4.99. The molecular weight excluding hydrogens is 391 g/mol. The van der Waals surface area contributed by atoms with Gasteiger partial charge in [0.15, 0.2) is 5.82 Å². The first-order valence-electron chi connectivity index (χ1n) is 9.21. The highest BCUT2D eigenvalue weighted by Crippen LogP contribution is 2.36. The van der Waals surface area contributed by atoms with Gasteiger partial charge in [-0.05, 0) is 50.2 Å². The average molecular weight is 409 g/mol. The van der Waals surface area contributed by atoms with Crippen molar-refractivity contribution in [3.63, 3.8) is 0 Å². The molecule has 0 saturated carbocycles. The molecule has 0 spiro atoms. The first-order valence-corrected chi connectivity index (χ1v) is 9.21. The lowest BCUT2D eigenvalue weighted by Gasteiger charge is -2.25. The molecule has 2 aromatic carbocycles. The minimum atomic E-state index is -4.60. The minimum absolute atomic E-state index is 0.114. The second-order valence-electron chi connectivity index (χ2n) is 6.91. The van der Waals surface area contributed by atoms with Gasteiger partial charge < -0.3 is 4.90 Å². The van der Waals surface area contributed by atoms with Crippen molar-refractivity contribution in [1.29, 1.82) is 0 Å². The zero-order valence-electron chi connectivity index (χ0n) is 16.3. The predicted molar refractivity (Wildman–Crippen MR) is 109 cm³/mol. The first kappa shape index (κ1) is 19.6. The van der Waals surface area contributed by atoms with Crippen molar-refractivity contribution in [3.05, 3.63) is 83.8 Å². The van der Waals surface area contributed by atoms with Crippen LogP contribution in [0.15, 0.2) is 66.9 Å². The second-order valence-corrected chi connectivity index (χ2v) is 6.91. The third-order valence-corrected chi connectivity index (χ3v) is 4.57. The first-order chi connectivity index (χ1) is 14.3. The molecule has 2 aromatic heterocycles. The van der Waals surface area contributed by atoms with Gasteiger partial charge in [-0.25, -0.2) is 4.98 Å². The number of halogens is 3. The molecule has 0 saturated heterocycles. The highest BCUT2D eigenvalue weighted by molar-refractivity contribution is 5.78. The third kappa shape index (κ3) is 4.03. The Morgan fingerprint density at radius 2 is 1.37 bits per heavy atom.